The Labute approximate surface area is 109 Å². The maximum atomic E-state index is 5.32. The van der Waals surface area contributed by atoms with Gasteiger partial charge in [0.05, 0.1) is 6.61 Å². The number of rotatable bonds is 9. The molecule has 0 saturated heterocycles. The molecule has 1 N–H and O–H groups in total. The fourth-order valence-electron chi connectivity index (χ4n) is 1.90. The van der Waals surface area contributed by atoms with Crippen molar-refractivity contribution in [2.75, 3.05) is 33.4 Å². The van der Waals surface area contributed by atoms with E-state index in [1.807, 2.05) is 11.3 Å². The minimum Gasteiger partial charge on any atom is -0.383 e. The van der Waals surface area contributed by atoms with Gasteiger partial charge >= 0.3 is 0 Å². The molecule has 1 rings (SSSR count). The molecule has 3 nitrogen and oxygen atoms in total. The van der Waals surface area contributed by atoms with Gasteiger partial charge in [-0.05, 0) is 24.5 Å². The van der Waals surface area contributed by atoms with E-state index in [9.17, 15) is 0 Å². The van der Waals surface area contributed by atoms with E-state index in [1.54, 1.807) is 7.11 Å². The molecule has 1 aromatic rings. The summed E-state index contributed by atoms with van der Waals surface area (Å²) < 4.78 is 5.32. The van der Waals surface area contributed by atoms with Crippen LogP contribution in [-0.4, -0.2) is 44.3 Å². The lowest BCUT2D eigenvalue weighted by Crippen LogP contribution is -2.44. The Bertz CT molecular complexity index is 277. The van der Waals surface area contributed by atoms with E-state index in [0.29, 0.717) is 6.04 Å². The van der Waals surface area contributed by atoms with Crippen molar-refractivity contribution in [3.8, 4) is 0 Å². The summed E-state index contributed by atoms with van der Waals surface area (Å²) >= 11 is 1.82. The first-order chi connectivity index (χ1) is 8.31. The third-order valence-electron chi connectivity index (χ3n) is 2.85. The van der Waals surface area contributed by atoms with E-state index in [-0.39, 0.29) is 0 Å². The summed E-state index contributed by atoms with van der Waals surface area (Å²) in [5.41, 5.74) is 0. The molecule has 0 spiro atoms. The lowest BCUT2D eigenvalue weighted by atomic mass is 10.2. The van der Waals surface area contributed by atoms with Crippen molar-refractivity contribution in [1.82, 2.24) is 10.2 Å². The SMILES string of the molecule is CCNCC(COC)N(CC)Cc1cccs1. The molecule has 17 heavy (non-hydrogen) atoms. The third-order valence-corrected chi connectivity index (χ3v) is 3.71. The van der Waals surface area contributed by atoms with Crippen molar-refractivity contribution < 1.29 is 4.74 Å². The molecule has 0 fully saturated rings. The van der Waals surface area contributed by atoms with Crippen molar-refractivity contribution in [2.24, 2.45) is 0 Å². The van der Waals surface area contributed by atoms with E-state index >= 15 is 0 Å². The van der Waals surface area contributed by atoms with Crippen LogP contribution in [0.15, 0.2) is 17.5 Å². The molecule has 0 aliphatic carbocycles. The van der Waals surface area contributed by atoms with E-state index in [4.69, 9.17) is 4.74 Å². The Kier molecular flexibility index (Phi) is 7.44. The van der Waals surface area contributed by atoms with Crippen LogP contribution >= 0.6 is 11.3 Å². The molecule has 0 saturated carbocycles. The van der Waals surface area contributed by atoms with Gasteiger partial charge in [-0.2, -0.15) is 0 Å². The van der Waals surface area contributed by atoms with Gasteiger partial charge < -0.3 is 10.1 Å². The highest BCUT2D eigenvalue weighted by Crippen LogP contribution is 2.13. The zero-order chi connectivity index (χ0) is 12.5. The molecule has 1 atom stereocenters. The number of methoxy groups -OCH3 is 1. The van der Waals surface area contributed by atoms with Gasteiger partial charge in [0.25, 0.3) is 0 Å². The van der Waals surface area contributed by atoms with Crippen molar-refractivity contribution >= 4 is 11.3 Å². The van der Waals surface area contributed by atoms with Gasteiger partial charge in [-0.15, -0.1) is 11.3 Å². The number of hydrogen-bond donors (Lipinski definition) is 1. The maximum absolute atomic E-state index is 5.32. The van der Waals surface area contributed by atoms with Crippen molar-refractivity contribution in [3.05, 3.63) is 22.4 Å². The van der Waals surface area contributed by atoms with Gasteiger partial charge in [0.1, 0.15) is 0 Å². The second-order valence-corrected chi connectivity index (χ2v) is 5.09. The fraction of sp³-hybridized carbons (Fsp3) is 0.692. The summed E-state index contributed by atoms with van der Waals surface area (Å²) in [5, 5.41) is 5.55. The van der Waals surface area contributed by atoms with Gasteiger partial charge in [-0.1, -0.05) is 19.9 Å². The normalized spacial score (nSPS) is 13.2. The Morgan fingerprint density at radius 3 is 2.82 bits per heavy atom. The zero-order valence-corrected chi connectivity index (χ0v) is 11.9. The minimum atomic E-state index is 0.451. The highest BCUT2D eigenvalue weighted by molar-refractivity contribution is 7.09. The van der Waals surface area contributed by atoms with Gasteiger partial charge in [0.15, 0.2) is 0 Å². The first-order valence-electron chi connectivity index (χ1n) is 6.27. The number of hydrogen-bond acceptors (Lipinski definition) is 4. The van der Waals surface area contributed by atoms with Crippen LogP contribution < -0.4 is 5.32 Å². The van der Waals surface area contributed by atoms with Gasteiger partial charge in [-0.3, -0.25) is 4.90 Å². The monoisotopic (exact) mass is 256 g/mol. The summed E-state index contributed by atoms with van der Waals surface area (Å²) in [6.07, 6.45) is 0. The molecule has 98 valence electrons. The summed E-state index contributed by atoms with van der Waals surface area (Å²) in [7, 11) is 1.78. The van der Waals surface area contributed by atoms with Crippen LogP contribution in [0.2, 0.25) is 0 Å². The summed E-state index contributed by atoms with van der Waals surface area (Å²) in [4.78, 5) is 3.89. The van der Waals surface area contributed by atoms with Crippen LogP contribution in [0.5, 0.6) is 0 Å². The second kappa shape index (κ2) is 8.64. The average molecular weight is 256 g/mol. The molecule has 1 heterocycles. The molecule has 0 aromatic carbocycles. The number of nitrogens with one attached hydrogen (secondary N) is 1. The molecule has 0 amide bonds. The van der Waals surface area contributed by atoms with Gasteiger partial charge in [-0.25, -0.2) is 0 Å². The smallest absolute Gasteiger partial charge is 0.0630 e. The Morgan fingerprint density at radius 2 is 2.29 bits per heavy atom. The van der Waals surface area contributed by atoms with Crippen molar-refractivity contribution in [1.29, 1.82) is 0 Å². The minimum absolute atomic E-state index is 0.451. The Balaban J connectivity index is 2.53. The first-order valence-corrected chi connectivity index (χ1v) is 7.15. The quantitative estimate of drug-likeness (QED) is 0.733. The first kappa shape index (κ1) is 14.6. The zero-order valence-electron chi connectivity index (χ0n) is 11.1. The molecule has 4 heteroatoms. The van der Waals surface area contributed by atoms with Crippen LogP contribution in [0.3, 0.4) is 0 Å². The molecular weight excluding hydrogens is 232 g/mol. The van der Waals surface area contributed by atoms with Gasteiger partial charge in [0, 0.05) is 31.1 Å². The Morgan fingerprint density at radius 1 is 1.47 bits per heavy atom. The predicted molar refractivity (Wildman–Crippen MR) is 74.6 cm³/mol. The molecule has 0 radical (unpaired) electrons. The standard InChI is InChI=1S/C13H24N2OS/c1-4-14-9-12(11-16-3)15(5-2)10-13-7-6-8-17-13/h6-8,12,14H,4-5,9-11H2,1-3H3. The number of likely N-dealkylation sites (N-methyl/N-ethyl adjacent to an activating group) is 2. The molecule has 0 aliphatic rings. The van der Waals surface area contributed by atoms with Crippen LogP contribution in [0.4, 0.5) is 0 Å². The van der Waals surface area contributed by atoms with Crippen LogP contribution in [-0.2, 0) is 11.3 Å². The molecule has 1 aromatic heterocycles. The molecular formula is C13H24N2OS. The average Bonchev–Trinajstić information content (AvgIpc) is 2.84. The van der Waals surface area contributed by atoms with Crippen LogP contribution in [0.25, 0.3) is 0 Å². The highest BCUT2D eigenvalue weighted by atomic mass is 32.1. The number of ether oxygens (including phenoxy) is 1. The molecule has 0 bridgehead atoms. The fourth-order valence-corrected chi connectivity index (χ4v) is 2.63. The Hall–Kier alpha value is -0.420. The highest BCUT2D eigenvalue weighted by Gasteiger charge is 2.17. The largest absolute Gasteiger partial charge is 0.383 e. The topological polar surface area (TPSA) is 24.5 Å². The lowest BCUT2D eigenvalue weighted by molar-refractivity contribution is 0.0887. The molecule has 0 aliphatic heterocycles. The van der Waals surface area contributed by atoms with Crippen LogP contribution in [0, 0.1) is 0 Å². The lowest BCUT2D eigenvalue weighted by Gasteiger charge is -2.30. The van der Waals surface area contributed by atoms with E-state index < -0.39 is 0 Å². The predicted octanol–water partition coefficient (Wildman–Crippen LogP) is 2.19. The van der Waals surface area contributed by atoms with Crippen LogP contribution in [0.1, 0.15) is 18.7 Å². The van der Waals surface area contributed by atoms with Crippen molar-refractivity contribution in [3.63, 3.8) is 0 Å². The van der Waals surface area contributed by atoms with E-state index in [1.165, 1.54) is 4.88 Å². The maximum Gasteiger partial charge on any atom is 0.0630 e. The number of nitrogens with zero attached hydrogens (tertiary/aromatic N) is 1. The third kappa shape index (κ3) is 5.17. The van der Waals surface area contributed by atoms with E-state index in [2.05, 4.69) is 41.6 Å². The van der Waals surface area contributed by atoms with Gasteiger partial charge in [0.2, 0.25) is 0 Å². The number of thiophene rings is 1. The molecule has 1 unspecified atom stereocenters. The summed E-state index contributed by atoms with van der Waals surface area (Å²) in [6, 6.07) is 4.76. The summed E-state index contributed by atoms with van der Waals surface area (Å²) in [6.45, 7) is 9.21. The van der Waals surface area contributed by atoms with Crippen molar-refractivity contribution in [2.45, 2.75) is 26.4 Å². The second-order valence-electron chi connectivity index (χ2n) is 4.06. The summed E-state index contributed by atoms with van der Waals surface area (Å²) in [5.74, 6) is 0. The van der Waals surface area contributed by atoms with E-state index in [0.717, 1.165) is 32.8 Å².